The fourth-order valence-electron chi connectivity index (χ4n) is 2.32. The van der Waals surface area contributed by atoms with Crippen LogP contribution in [0.25, 0.3) is 0 Å². The molecule has 0 fully saturated rings. The maximum absolute atomic E-state index is 12.9. The van der Waals surface area contributed by atoms with Crippen LogP contribution >= 0.6 is 0 Å². The van der Waals surface area contributed by atoms with Crippen molar-refractivity contribution in [1.29, 1.82) is 0 Å². The molecule has 150 valence electrons. The van der Waals surface area contributed by atoms with Crippen LogP contribution in [0.2, 0.25) is 0 Å². The van der Waals surface area contributed by atoms with Crippen molar-refractivity contribution in [1.82, 2.24) is 9.62 Å². The summed E-state index contributed by atoms with van der Waals surface area (Å²) < 4.78 is 43.8. The van der Waals surface area contributed by atoms with E-state index in [0.29, 0.717) is 0 Å². The van der Waals surface area contributed by atoms with Gasteiger partial charge in [-0.15, -0.1) is 0 Å². The van der Waals surface area contributed by atoms with E-state index in [9.17, 15) is 22.4 Å². The zero-order chi connectivity index (χ0) is 20.7. The van der Waals surface area contributed by atoms with E-state index < -0.39 is 40.9 Å². The van der Waals surface area contributed by atoms with Gasteiger partial charge in [0.05, 0.1) is 10.9 Å². The van der Waals surface area contributed by atoms with Gasteiger partial charge in [0.1, 0.15) is 12.4 Å². The number of likely N-dealkylation sites (N-methyl/N-ethyl adjacent to an activating group) is 1. The Bertz CT molecular complexity index is 917. The number of sulfonamides is 1. The lowest BCUT2D eigenvalue weighted by Gasteiger charge is -2.25. The van der Waals surface area contributed by atoms with Gasteiger partial charge in [0.2, 0.25) is 10.0 Å². The molecule has 0 aliphatic carbocycles. The number of hydrogen-bond acceptors (Lipinski definition) is 5. The third-order valence-corrected chi connectivity index (χ3v) is 5.56. The van der Waals surface area contributed by atoms with Gasteiger partial charge in [0.15, 0.2) is 6.61 Å². The summed E-state index contributed by atoms with van der Waals surface area (Å²) in [5.41, 5.74) is 0.928. The van der Waals surface area contributed by atoms with Gasteiger partial charge in [0, 0.05) is 7.05 Å². The maximum Gasteiger partial charge on any atom is 0.321 e. The van der Waals surface area contributed by atoms with Crippen LogP contribution < -0.4 is 4.72 Å². The standard InChI is InChI=1S/C19H21FN2O5S/c1-14(15-6-4-3-5-7-15)22(2)18(23)13-27-19(24)12-21-28(25,26)17-10-8-16(20)9-11-17/h3-11,14,21H,12-13H2,1-2H3/t14-/m0/s1. The molecule has 2 aromatic rings. The second kappa shape index (κ2) is 9.43. The third kappa shape index (κ3) is 5.86. The highest BCUT2D eigenvalue weighted by Gasteiger charge is 2.20. The topological polar surface area (TPSA) is 92.8 Å². The van der Waals surface area contributed by atoms with Crippen LogP contribution in [0, 0.1) is 5.82 Å². The summed E-state index contributed by atoms with van der Waals surface area (Å²) >= 11 is 0. The Morgan fingerprint density at radius 1 is 1.11 bits per heavy atom. The van der Waals surface area contributed by atoms with Crippen LogP contribution in [0.15, 0.2) is 59.5 Å². The Balaban J connectivity index is 1.83. The molecule has 0 aliphatic rings. The summed E-state index contributed by atoms with van der Waals surface area (Å²) in [4.78, 5) is 25.2. The van der Waals surface area contributed by atoms with Crippen molar-refractivity contribution in [3.63, 3.8) is 0 Å². The SMILES string of the molecule is C[C@@H](c1ccccc1)N(C)C(=O)COC(=O)CNS(=O)(=O)c1ccc(F)cc1. The van der Waals surface area contributed by atoms with Crippen LogP contribution in [0.5, 0.6) is 0 Å². The molecular formula is C19H21FN2O5S. The fraction of sp³-hybridized carbons (Fsp3) is 0.263. The zero-order valence-corrected chi connectivity index (χ0v) is 16.3. The number of amides is 1. The minimum Gasteiger partial charge on any atom is -0.455 e. The normalized spacial score (nSPS) is 12.2. The summed E-state index contributed by atoms with van der Waals surface area (Å²) in [6, 6.07) is 13.3. The molecule has 7 nitrogen and oxygen atoms in total. The Morgan fingerprint density at radius 3 is 2.32 bits per heavy atom. The van der Waals surface area contributed by atoms with Crippen LogP contribution in [0.4, 0.5) is 4.39 Å². The van der Waals surface area contributed by atoms with E-state index >= 15 is 0 Å². The van der Waals surface area contributed by atoms with Crippen LogP contribution in [0.3, 0.4) is 0 Å². The molecule has 0 saturated heterocycles. The first-order chi connectivity index (χ1) is 13.2. The Labute approximate surface area is 163 Å². The van der Waals surface area contributed by atoms with Gasteiger partial charge in [-0.05, 0) is 36.8 Å². The molecule has 28 heavy (non-hydrogen) atoms. The Morgan fingerprint density at radius 2 is 1.71 bits per heavy atom. The first-order valence-corrected chi connectivity index (χ1v) is 9.90. The van der Waals surface area contributed by atoms with Gasteiger partial charge in [-0.2, -0.15) is 4.72 Å². The van der Waals surface area contributed by atoms with Gasteiger partial charge in [-0.3, -0.25) is 9.59 Å². The van der Waals surface area contributed by atoms with E-state index in [4.69, 9.17) is 4.74 Å². The van der Waals surface area contributed by atoms with Gasteiger partial charge in [0.25, 0.3) is 5.91 Å². The number of ether oxygens (including phenoxy) is 1. The minimum absolute atomic E-state index is 0.186. The molecule has 1 atom stereocenters. The lowest BCUT2D eigenvalue weighted by atomic mass is 10.1. The fourth-order valence-corrected chi connectivity index (χ4v) is 3.29. The quantitative estimate of drug-likeness (QED) is 0.673. The van der Waals surface area contributed by atoms with E-state index in [1.165, 1.54) is 4.90 Å². The van der Waals surface area contributed by atoms with E-state index in [2.05, 4.69) is 0 Å². The molecule has 0 heterocycles. The van der Waals surface area contributed by atoms with Gasteiger partial charge >= 0.3 is 5.97 Å². The van der Waals surface area contributed by atoms with E-state index in [0.717, 1.165) is 29.8 Å². The minimum atomic E-state index is -3.99. The number of carbonyl (C=O) groups excluding carboxylic acids is 2. The predicted molar refractivity (Wildman–Crippen MR) is 100 cm³/mol. The number of esters is 1. The highest BCUT2D eigenvalue weighted by Crippen LogP contribution is 2.18. The Kier molecular flexibility index (Phi) is 7.24. The van der Waals surface area contributed by atoms with Crippen molar-refractivity contribution in [2.24, 2.45) is 0 Å². The maximum atomic E-state index is 12.9. The lowest BCUT2D eigenvalue weighted by Crippen LogP contribution is -2.36. The molecule has 0 aromatic heterocycles. The zero-order valence-electron chi connectivity index (χ0n) is 15.5. The predicted octanol–water partition coefficient (Wildman–Crippen LogP) is 1.87. The molecule has 0 saturated carbocycles. The van der Waals surface area contributed by atoms with Crippen LogP contribution in [0.1, 0.15) is 18.5 Å². The van der Waals surface area contributed by atoms with E-state index in [-0.39, 0.29) is 10.9 Å². The number of rotatable bonds is 8. The summed E-state index contributed by atoms with van der Waals surface area (Å²) in [6.45, 7) is 0.682. The molecule has 0 spiro atoms. The number of nitrogens with one attached hydrogen (secondary N) is 1. The largest absolute Gasteiger partial charge is 0.455 e. The van der Waals surface area contributed by atoms with Gasteiger partial charge in [-0.1, -0.05) is 30.3 Å². The molecule has 0 bridgehead atoms. The van der Waals surface area contributed by atoms with Crippen molar-refractivity contribution >= 4 is 21.9 Å². The first-order valence-electron chi connectivity index (χ1n) is 8.42. The number of nitrogens with zero attached hydrogens (tertiary/aromatic N) is 1. The molecule has 0 aliphatic heterocycles. The lowest BCUT2D eigenvalue weighted by molar-refractivity contribution is -0.151. The van der Waals surface area contributed by atoms with Crippen molar-refractivity contribution in [2.75, 3.05) is 20.2 Å². The van der Waals surface area contributed by atoms with Gasteiger partial charge in [-0.25, -0.2) is 12.8 Å². The summed E-state index contributed by atoms with van der Waals surface area (Å²) in [7, 11) is -2.40. The number of carbonyl (C=O) groups is 2. The number of benzene rings is 2. The first kappa shape index (κ1) is 21.5. The Hall–Kier alpha value is -2.78. The molecule has 9 heteroatoms. The van der Waals surface area contributed by atoms with Crippen molar-refractivity contribution < 1.29 is 27.1 Å². The second-order valence-electron chi connectivity index (χ2n) is 6.03. The number of hydrogen-bond donors (Lipinski definition) is 1. The molecule has 2 aromatic carbocycles. The summed E-state index contributed by atoms with van der Waals surface area (Å²) in [5.74, 6) is -1.91. The van der Waals surface area contributed by atoms with Crippen molar-refractivity contribution in [3.8, 4) is 0 Å². The molecule has 1 amide bonds. The van der Waals surface area contributed by atoms with Crippen molar-refractivity contribution in [2.45, 2.75) is 17.9 Å². The number of halogens is 1. The average molecular weight is 408 g/mol. The second-order valence-corrected chi connectivity index (χ2v) is 7.80. The molecule has 0 radical (unpaired) electrons. The molecule has 0 unspecified atom stereocenters. The smallest absolute Gasteiger partial charge is 0.321 e. The van der Waals surface area contributed by atoms with Crippen molar-refractivity contribution in [3.05, 3.63) is 66.0 Å². The highest BCUT2D eigenvalue weighted by atomic mass is 32.2. The molecular weight excluding hydrogens is 387 g/mol. The van der Waals surface area contributed by atoms with Crippen LogP contribution in [-0.2, 0) is 24.3 Å². The molecule has 1 N–H and O–H groups in total. The molecule has 2 rings (SSSR count). The third-order valence-electron chi connectivity index (χ3n) is 4.14. The van der Waals surface area contributed by atoms with E-state index in [1.807, 2.05) is 42.0 Å². The summed E-state index contributed by atoms with van der Waals surface area (Å²) in [6.07, 6.45) is 0. The highest BCUT2D eigenvalue weighted by molar-refractivity contribution is 7.89. The average Bonchev–Trinajstić information content (AvgIpc) is 2.70. The van der Waals surface area contributed by atoms with Gasteiger partial charge < -0.3 is 9.64 Å². The van der Waals surface area contributed by atoms with E-state index in [1.54, 1.807) is 7.05 Å². The summed E-state index contributed by atoms with van der Waals surface area (Å²) in [5, 5.41) is 0. The van der Waals surface area contributed by atoms with Crippen LogP contribution in [-0.4, -0.2) is 45.4 Å². The monoisotopic (exact) mass is 408 g/mol.